The van der Waals surface area contributed by atoms with Crippen molar-refractivity contribution in [3.8, 4) is 17.1 Å². The highest BCUT2D eigenvalue weighted by atomic mass is 32.1. The number of carbonyl (C=O) groups excluding carboxylic acids is 1. The molecule has 3 rings (SSSR count). The Morgan fingerprint density at radius 2 is 2.19 bits per heavy atom. The van der Waals surface area contributed by atoms with E-state index in [-0.39, 0.29) is 11.9 Å². The van der Waals surface area contributed by atoms with Crippen molar-refractivity contribution in [2.45, 2.75) is 32.7 Å². The average molecular weight is 385 g/mol. The highest BCUT2D eigenvalue weighted by Gasteiger charge is 2.22. The van der Waals surface area contributed by atoms with Crippen molar-refractivity contribution in [2.24, 2.45) is 0 Å². The van der Waals surface area contributed by atoms with Crippen molar-refractivity contribution >= 4 is 17.2 Å². The van der Waals surface area contributed by atoms with Crippen LogP contribution in [0.2, 0.25) is 0 Å². The molecule has 0 aliphatic carbocycles. The van der Waals surface area contributed by atoms with Gasteiger partial charge in [-0.2, -0.15) is 4.98 Å². The van der Waals surface area contributed by atoms with E-state index in [1.165, 1.54) is 11.3 Å². The highest BCUT2D eigenvalue weighted by Crippen LogP contribution is 2.22. The second-order valence-corrected chi connectivity index (χ2v) is 7.17. The van der Waals surface area contributed by atoms with Crippen LogP contribution in [0, 0.1) is 0 Å². The Kier molecular flexibility index (Phi) is 6.24. The number of carbonyl (C=O) groups is 1. The van der Waals surface area contributed by atoms with Crippen molar-refractivity contribution in [3.63, 3.8) is 0 Å². The van der Waals surface area contributed by atoms with Gasteiger partial charge < -0.3 is 14.2 Å². The van der Waals surface area contributed by atoms with Crippen LogP contribution in [0.25, 0.3) is 11.4 Å². The fraction of sp³-hybridized carbons (Fsp3) is 0.350. The first-order valence-corrected chi connectivity index (χ1v) is 9.81. The van der Waals surface area contributed by atoms with Crippen LogP contribution in [0.1, 0.15) is 35.8 Å². The fourth-order valence-electron chi connectivity index (χ4n) is 2.74. The molecule has 1 atom stereocenters. The zero-order valence-corrected chi connectivity index (χ0v) is 16.5. The summed E-state index contributed by atoms with van der Waals surface area (Å²) >= 11 is 1.46. The first-order chi connectivity index (χ1) is 13.1. The van der Waals surface area contributed by atoms with Gasteiger partial charge in [0.1, 0.15) is 5.75 Å². The molecule has 0 N–H and O–H groups in total. The predicted octanol–water partition coefficient (Wildman–Crippen LogP) is 4.29. The lowest BCUT2D eigenvalue weighted by atomic mass is 10.2. The lowest BCUT2D eigenvalue weighted by molar-refractivity contribution is 0.0691. The van der Waals surface area contributed by atoms with Crippen LogP contribution >= 0.6 is 11.3 Å². The van der Waals surface area contributed by atoms with Crippen molar-refractivity contribution in [3.05, 3.63) is 52.5 Å². The molecule has 3 aromatic rings. The minimum Gasteiger partial charge on any atom is -0.497 e. The third-order valence-electron chi connectivity index (χ3n) is 4.48. The number of amides is 1. The molecule has 6 nitrogen and oxygen atoms in total. The summed E-state index contributed by atoms with van der Waals surface area (Å²) in [5, 5.41) is 5.97. The van der Waals surface area contributed by atoms with Gasteiger partial charge in [0.05, 0.1) is 12.0 Å². The maximum Gasteiger partial charge on any atom is 0.264 e. The van der Waals surface area contributed by atoms with Crippen molar-refractivity contribution in [2.75, 3.05) is 13.7 Å². The standard InChI is InChI=1S/C20H23N3O3S/c1-4-14(2)23(20(24)17-9-6-12-27-17)11-10-18-21-19(22-26-18)15-7-5-8-16(13-15)25-3/h5-9,12-14H,4,10-11H2,1-3H3. The first kappa shape index (κ1) is 19.1. The fourth-order valence-corrected chi connectivity index (χ4v) is 3.42. The van der Waals surface area contributed by atoms with Crippen molar-refractivity contribution < 1.29 is 14.1 Å². The van der Waals surface area contributed by atoms with E-state index in [1.807, 2.05) is 46.7 Å². The lowest BCUT2D eigenvalue weighted by Crippen LogP contribution is -2.39. The molecule has 1 amide bonds. The molecule has 2 heterocycles. The number of hydrogen-bond donors (Lipinski definition) is 0. The van der Waals surface area contributed by atoms with E-state index in [1.54, 1.807) is 7.11 Å². The molecule has 0 aliphatic heterocycles. The van der Waals surface area contributed by atoms with E-state index < -0.39 is 0 Å². The molecule has 2 aromatic heterocycles. The number of aromatic nitrogens is 2. The molecule has 1 aromatic carbocycles. The summed E-state index contributed by atoms with van der Waals surface area (Å²) in [6, 6.07) is 11.4. The molecule has 0 fully saturated rings. The summed E-state index contributed by atoms with van der Waals surface area (Å²) in [7, 11) is 1.62. The summed E-state index contributed by atoms with van der Waals surface area (Å²) in [6.07, 6.45) is 1.40. The third-order valence-corrected chi connectivity index (χ3v) is 5.34. The molecule has 0 saturated carbocycles. The molecular weight excluding hydrogens is 362 g/mol. The summed E-state index contributed by atoms with van der Waals surface area (Å²) in [5.41, 5.74) is 0.831. The van der Waals surface area contributed by atoms with Crippen LogP contribution in [0.15, 0.2) is 46.3 Å². The maximum atomic E-state index is 12.8. The van der Waals surface area contributed by atoms with E-state index >= 15 is 0 Å². The van der Waals surface area contributed by atoms with Crippen molar-refractivity contribution in [1.29, 1.82) is 0 Å². The van der Waals surface area contributed by atoms with Gasteiger partial charge in [0, 0.05) is 24.6 Å². The molecule has 142 valence electrons. The van der Waals surface area contributed by atoms with Crippen LogP contribution in [-0.2, 0) is 6.42 Å². The van der Waals surface area contributed by atoms with Crippen LogP contribution in [0.4, 0.5) is 0 Å². The van der Waals surface area contributed by atoms with E-state index in [9.17, 15) is 4.79 Å². The largest absolute Gasteiger partial charge is 0.497 e. The normalized spacial score (nSPS) is 12.0. The molecule has 0 saturated heterocycles. The summed E-state index contributed by atoms with van der Waals surface area (Å²) < 4.78 is 10.6. The van der Waals surface area contributed by atoms with Gasteiger partial charge in [0.2, 0.25) is 11.7 Å². The molecule has 1 unspecified atom stereocenters. The molecular formula is C20H23N3O3S. The average Bonchev–Trinajstić information content (AvgIpc) is 3.40. The predicted molar refractivity (Wildman–Crippen MR) is 105 cm³/mol. The second kappa shape index (κ2) is 8.81. The Morgan fingerprint density at radius 1 is 1.33 bits per heavy atom. The molecule has 27 heavy (non-hydrogen) atoms. The third kappa shape index (κ3) is 4.54. The van der Waals surface area contributed by atoms with E-state index in [2.05, 4.69) is 24.0 Å². The van der Waals surface area contributed by atoms with Crippen molar-refractivity contribution in [1.82, 2.24) is 15.0 Å². The van der Waals surface area contributed by atoms with Gasteiger partial charge in [-0.3, -0.25) is 4.79 Å². The van der Waals surface area contributed by atoms with Crippen LogP contribution in [0.5, 0.6) is 5.75 Å². The van der Waals surface area contributed by atoms with Gasteiger partial charge in [-0.05, 0) is 36.9 Å². The Morgan fingerprint density at radius 3 is 2.89 bits per heavy atom. The molecule has 7 heteroatoms. The number of rotatable bonds is 8. The Labute approximate surface area is 162 Å². The summed E-state index contributed by atoms with van der Waals surface area (Å²) in [6.45, 7) is 4.67. The minimum atomic E-state index is 0.0480. The summed E-state index contributed by atoms with van der Waals surface area (Å²) in [5.74, 6) is 1.82. The van der Waals surface area contributed by atoms with Crippen LogP contribution < -0.4 is 4.74 Å². The number of nitrogens with zero attached hydrogens (tertiary/aromatic N) is 3. The van der Waals surface area contributed by atoms with Gasteiger partial charge >= 0.3 is 0 Å². The van der Waals surface area contributed by atoms with Crippen LogP contribution in [-0.4, -0.2) is 40.6 Å². The zero-order chi connectivity index (χ0) is 19.2. The van der Waals surface area contributed by atoms with Gasteiger partial charge in [-0.25, -0.2) is 0 Å². The zero-order valence-electron chi connectivity index (χ0n) is 15.7. The van der Waals surface area contributed by atoms with Gasteiger partial charge in [-0.1, -0.05) is 30.3 Å². The minimum absolute atomic E-state index is 0.0480. The number of benzene rings is 1. The number of methoxy groups -OCH3 is 1. The Hall–Kier alpha value is -2.67. The second-order valence-electron chi connectivity index (χ2n) is 6.23. The highest BCUT2D eigenvalue weighted by molar-refractivity contribution is 7.12. The van der Waals surface area contributed by atoms with Crippen LogP contribution in [0.3, 0.4) is 0 Å². The SMILES string of the molecule is CCC(C)N(CCc1nc(-c2cccc(OC)c2)no1)C(=O)c1cccs1. The van der Waals surface area contributed by atoms with E-state index in [0.717, 1.165) is 22.6 Å². The van der Waals surface area contributed by atoms with Gasteiger partial charge in [0.25, 0.3) is 5.91 Å². The first-order valence-electron chi connectivity index (χ1n) is 8.93. The number of hydrogen-bond acceptors (Lipinski definition) is 6. The van der Waals surface area contributed by atoms with Gasteiger partial charge in [-0.15, -0.1) is 11.3 Å². The monoisotopic (exact) mass is 385 g/mol. The molecule has 0 radical (unpaired) electrons. The Bertz CT molecular complexity index is 876. The quantitative estimate of drug-likeness (QED) is 0.579. The topological polar surface area (TPSA) is 68.5 Å². The maximum absolute atomic E-state index is 12.8. The van der Waals surface area contributed by atoms with Gasteiger partial charge in [0.15, 0.2) is 0 Å². The lowest BCUT2D eigenvalue weighted by Gasteiger charge is -2.27. The number of ether oxygens (including phenoxy) is 1. The van der Waals surface area contributed by atoms with E-state index in [0.29, 0.717) is 24.7 Å². The smallest absolute Gasteiger partial charge is 0.264 e. The summed E-state index contributed by atoms with van der Waals surface area (Å²) in [4.78, 5) is 19.9. The number of thiophene rings is 1. The molecule has 0 spiro atoms. The Balaban J connectivity index is 1.70. The molecule has 0 bridgehead atoms. The molecule has 0 aliphatic rings. The van der Waals surface area contributed by atoms with E-state index in [4.69, 9.17) is 9.26 Å².